The lowest BCUT2D eigenvalue weighted by atomic mass is 10.2. The summed E-state index contributed by atoms with van der Waals surface area (Å²) in [5, 5.41) is 4.88. The second kappa shape index (κ2) is 7.10. The van der Waals surface area contributed by atoms with E-state index in [9.17, 15) is 9.59 Å². The lowest BCUT2D eigenvalue weighted by molar-refractivity contribution is -0.115. The van der Waals surface area contributed by atoms with Gasteiger partial charge in [0.15, 0.2) is 0 Å². The monoisotopic (exact) mass is 268 g/mol. The highest BCUT2D eigenvalue weighted by atomic mass is 16.5. The maximum absolute atomic E-state index is 11.6. The number of benzene rings is 1. The maximum atomic E-state index is 11.6. The molecule has 0 aliphatic heterocycles. The van der Waals surface area contributed by atoms with Gasteiger partial charge >= 0.3 is 6.09 Å². The number of ether oxygens (including phenoxy) is 3. The number of rotatable bonds is 5. The Balaban J connectivity index is 2.65. The minimum Gasteiger partial charge on any atom is -0.497 e. The van der Waals surface area contributed by atoms with Gasteiger partial charge in [0.2, 0.25) is 5.91 Å². The molecule has 0 radical (unpaired) electrons. The molecule has 2 amide bonds. The highest BCUT2D eigenvalue weighted by Gasteiger charge is 2.10. The van der Waals surface area contributed by atoms with Crippen LogP contribution < -0.4 is 20.1 Å². The van der Waals surface area contributed by atoms with Gasteiger partial charge in [0.05, 0.1) is 27.0 Å². The number of alkyl carbamates (subject to hydrolysis) is 1. The van der Waals surface area contributed by atoms with Crippen LogP contribution in [0.15, 0.2) is 18.2 Å². The van der Waals surface area contributed by atoms with Gasteiger partial charge in [-0.2, -0.15) is 0 Å². The molecule has 0 atom stereocenters. The number of nitrogens with one attached hydrogen (secondary N) is 2. The Labute approximate surface area is 110 Å². The lowest BCUT2D eigenvalue weighted by Gasteiger charge is -2.11. The standard InChI is InChI=1S/C12H16N2O5/c1-17-8-4-5-9(10(6-8)18-2)14-11(15)7-13-12(16)19-3/h4-6H,7H2,1-3H3,(H,13,16)(H,14,15). The van der Waals surface area contributed by atoms with Crippen molar-refractivity contribution in [3.8, 4) is 11.5 Å². The first kappa shape index (κ1) is 14.6. The topological polar surface area (TPSA) is 85.9 Å². The molecule has 0 unspecified atom stereocenters. The van der Waals surface area contributed by atoms with Gasteiger partial charge in [0, 0.05) is 6.07 Å². The summed E-state index contributed by atoms with van der Waals surface area (Å²) in [5.74, 6) is 0.683. The third-order valence-electron chi connectivity index (χ3n) is 2.26. The highest BCUT2D eigenvalue weighted by Crippen LogP contribution is 2.28. The molecule has 7 heteroatoms. The Morgan fingerprint density at radius 1 is 1.16 bits per heavy atom. The van der Waals surface area contributed by atoms with Crippen molar-refractivity contribution in [2.24, 2.45) is 0 Å². The molecule has 0 aliphatic carbocycles. The van der Waals surface area contributed by atoms with Gasteiger partial charge in [-0.3, -0.25) is 4.79 Å². The Kier molecular flexibility index (Phi) is 5.46. The van der Waals surface area contributed by atoms with E-state index in [-0.39, 0.29) is 6.54 Å². The molecule has 0 heterocycles. The molecule has 0 aromatic heterocycles. The summed E-state index contributed by atoms with van der Waals surface area (Å²) in [6.07, 6.45) is -0.670. The minimum absolute atomic E-state index is 0.193. The summed E-state index contributed by atoms with van der Waals surface area (Å²) in [5.41, 5.74) is 0.486. The van der Waals surface area contributed by atoms with E-state index in [1.165, 1.54) is 21.3 Å². The SMILES string of the molecule is COC(=O)NCC(=O)Nc1ccc(OC)cc1OC. The molecule has 0 aliphatic rings. The van der Waals surface area contributed by atoms with Crippen molar-refractivity contribution in [2.75, 3.05) is 33.2 Å². The lowest BCUT2D eigenvalue weighted by Crippen LogP contribution is -2.32. The first-order chi connectivity index (χ1) is 9.10. The van der Waals surface area contributed by atoms with Gasteiger partial charge in [0.1, 0.15) is 18.0 Å². The van der Waals surface area contributed by atoms with Crippen LogP contribution in [-0.4, -0.2) is 39.9 Å². The quantitative estimate of drug-likeness (QED) is 0.832. The molecule has 1 aromatic rings. The molecule has 0 saturated heterocycles. The van der Waals surface area contributed by atoms with Crippen molar-refractivity contribution in [1.82, 2.24) is 5.32 Å². The van der Waals surface area contributed by atoms with Crippen LogP contribution in [0.25, 0.3) is 0 Å². The van der Waals surface area contributed by atoms with Crippen molar-refractivity contribution >= 4 is 17.7 Å². The van der Waals surface area contributed by atoms with Gasteiger partial charge < -0.3 is 24.8 Å². The van der Waals surface area contributed by atoms with Crippen molar-refractivity contribution in [3.63, 3.8) is 0 Å². The molecule has 7 nitrogen and oxygen atoms in total. The van der Waals surface area contributed by atoms with E-state index in [0.29, 0.717) is 17.2 Å². The van der Waals surface area contributed by atoms with Gasteiger partial charge in [0.25, 0.3) is 0 Å². The highest BCUT2D eigenvalue weighted by molar-refractivity contribution is 5.95. The van der Waals surface area contributed by atoms with Gasteiger partial charge in [-0.05, 0) is 12.1 Å². The Hall–Kier alpha value is -2.44. The van der Waals surface area contributed by atoms with Crippen LogP contribution in [-0.2, 0) is 9.53 Å². The number of hydrogen-bond acceptors (Lipinski definition) is 5. The average Bonchev–Trinajstić information content (AvgIpc) is 2.45. The number of anilines is 1. The van der Waals surface area contributed by atoms with E-state index < -0.39 is 12.0 Å². The van der Waals surface area contributed by atoms with E-state index >= 15 is 0 Å². The third-order valence-corrected chi connectivity index (χ3v) is 2.26. The van der Waals surface area contributed by atoms with E-state index in [1.54, 1.807) is 18.2 Å². The predicted octanol–water partition coefficient (Wildman–Crippen LogP) is 0.998. The number of carbonyl (C=O) groups excluding carboxylic acids is 2. The molecule has 0 bridgehead atoms. The zero-order valence-corrected chi connectivity index (χ0v) is 11.0. The van der Waals surface area contributed by atoms with E-state index in [0.717, 1.165) is 0 Å². The predicted molar refractivity (Wildman–Crippen MR) is 68.6 cm³/mol. The van der Waals surface area contributed by atoms with E-state index in [1.807, 2.05) is 0 Å². The molecular formula is C12H16N2O5. The summed E-state index contributed by atoms with van der Waals surface area (Å²) in [6, 6.07) is 4.98. The summed E-state index contributed by atoms with van der Waals surface area (Å²) in [4.78, 5) is 22.4. The average molecular weight is 268 g/mol. The largest absolute Gasteiger partial charge is 0.497 e. The number of hydrogen-bond donors (Lipinski definition) is 2. The first-order valence-corrected chi connectivity index (χ1v) is 5.44. The Morgan fingerprint density at radius 2 is 1.89 bits per heavy atom. The molecule has 0 saturated carbocycles. The number of amides is 2. The summed E-state index contributed by atoms with van der Waals surface area (Å²) in [7, 11) is 4.24. The van der Waals surface area contributed by atoms with Gasteiger partial charge in [-0.1, -0.05) is 0 Å². The van der Waals surface area contributed by atoms with E-state index in [4.69, 9.17) is 9.47 Å². The molecule has 1 rings (SSSR count). The van der Waals surface area contributed by atoms with Crippen LogP contribution in [0.2, 0.25) is 0 Å². The molecule has 1 aromatic carbocycles. The number of carbonyl (C=O) groups is 2. The third kappa shape index (κ3) is 4.38. The zero-order valence-electron chi connectivity index (χ0n) is 11.0. The molecule has 19 heavy (non-hydrogen) atoms. The van der Waals surface area contributed by atoms with Crippen LogP contribution in [0.5, 0.6) is 11.5 Å². The second-order valence-corrected chi connectivity index (χ2v) is 3.46. The fourth-order valence-corrected chi connectivity index (χ4v) is 1.32. The fraction of sp³-hybridized carbons (Fsp3) is 0.333. The first-order valence-electron chi connectivity index (χ1n) is 5.44. The second-order valence-electron chi connectivity index (χ2n) is 3.46. The van der Waals surface area contributed by atoms with Crippen molar-refractivity contribution < 1.29 is 23.8 Å². The zero-order chi connectivity index (χ0) is 14.3. The molecule has 0 fully saturated rings. The summed E-state index contributed by atoms with van der Waals surface area (Å²) in [6.45, 7) is -0.193. The molecule has 0 spiro atoms. The van der Waals surface area contributed by atoms with Crippen molar-refractivity contribution in [2.45, 2.75) is 0 Å². The van der Waals surface area contributed by atoms with Crippen LogP contribution in [0.3, 0.4) is 0 Å². The van der Waals surface area contributed by atoms with Crippen LogP contribution in [0, 0.1) is 0 Å². The summed E-state index contributed by atoms with van der Waals surface area (Å²) < 4.78 is 14.5. The normalized spacial score (nSPS) is 9.42. The number of methoxy groups -OCH3 is 3. The van der Waals surface area contributed by atoms with Crippen molar-refractivity contribution in [1.29, 1.82) is 0 Å². The van der Waals surface area contributed by atoms with E-state index in [2.05, 4.69) is 15.4 Å². The van der Waals surface area contributed by atoms with Gasteiger partial charge in [-0.25, -0.2) is 4.79 Å². The Bertz CT molecular complexity index is 461. The molecule has 104 valence electrons. The Morgan fingerprint density at radius 3 is 2.47 bits per heavy atom. The molecular weight excluding hydrogens is 252 g/mol. The maximum Gasteiger partial charge on any atom is 0.407 e. The van der Waals surface area contributed by atoms with Crippen LogP contribution in [0.1, 0.15) is 0 Å². The molecule has 2 N–H and O–H groups in total. The van der Waals surface area contributed by atoms with Crippen molar-refractivity contribution in [3.05, 3.63) is 18.2 Å². The van der Waals surface area contributed by atoms with Gasteiger partial charge in [-0.15, -0.1) is 0 Å². The minimum atomic E-state index is -0.670. The summed E-state index contributed by atoms with van der Waals surface area (Å²) >= 11 is 0. The smallest absolute Gasteiger partial charge is 0.407 e. The van der Waals surface area contributed by atoms with Crippen LogP contribution in [0.4, 0.5) is 10.5 Å². The van der Waals surface area contributed by atoms with Crippen LogP contribution >= 0.6 is 0 Å². The fourth-order valence-electron chi connectivity index (χ4n) is 1.32.